The molecule has 1 amide bonds. The van der Waals surface area contributed by atoms with Crippen LogP contribution in [-0.4, -0.2) is 21.0 Å². The van der Waals surface area contributed by atoms with E-state index >= 15 is 0 Å². The summed E-state index contributed by atoms with van der Waals surface area (Å²) in [7, 11) is 0. The van der Waals surface area contributed by atoms with E-state index in [2.05, 4.69) is 15.3 Å². The van der Waals surface area contributed by atoms with Crippen LogP contribution in [0.5, 0.6) is 0 Å². The van der Waals surface area contributed by atoms with Crippen LogP contribution in [0.3, 0.4) is 0 Å². The highest BCUT2D eigenvalue weighted by atomic mass is 16.3. The first kappa shape index (κ1) is 15.8. The van der Waals surface area contributed by atoms with Gasteiger partial charge in [-0.15, -0.1) is 0 Å². The first-order valence-electron chi connectivity index (χ1n) is 7.58. The Bertz CT molecular complexity index is 877. The molecule has 0 aliphatic carbocycles. The summed E-state index contributed by atoms with van der Waals surface area (Å²) in [5, 5.41) is 12.3. The third-order valence-corrected chi connectivity index (χ3v) is 3.67. The van der Waals surface area contributed by atoms with Crippen molar-refractivity contribution in [1.82, 2.24) is 9.97 Å². The van der Waals surface area contributed by atoms with Gasteiger partial charge in [-0.3, -0.25) is 9.78 Å². The number of rotatable bonds is 4. The molecule has 0 bridgehead atoms. The van der Waals surface area contributed by atoms with E-state index in [0.717, 1.165) is 11.1 Å². The average Bonchev–Trinajstić information content (AvgIpc) is 2.63. The molecule has 0 aliphatic heterocycles. The zero-order valence-electron chi connectivity index (χ0n) is 13.2. The first-order chi connectivity index (χ1) is 11.7. The van der Waals surface area contributed by atoms with Crippen LogP contribution in [0, 0.1) is 6.92 Å². The molecule has 0 fully saturated rings. The zero-order chi connectivity index (χ0) is 16.9. The number of nitrogens with zero attached hydrogens (tertiary/aromatic N) is 2. The lowest BCUT2D eigenvalue weighted by molar-refractivity contribution is 0.102. The number of aryl methyl sites for hydroxylation is 1. The Hall–Kier alpha value is -3.05. The number of amides is 1. The predicted octanol–water partition coefficient (Wildman–Crippen LogP) is 3.93. The van der Waals surface area contributed by atoms with Gasteiger partial charge < -0.3 is 10.4 Å². The minimum atomic E-state index is -0.311. The quantitative estimate of drug-likeness (QED) is 0.762. The second-order valence-corrected chi connectivity index (χ2v) is 5.32. The molecule has 3 aromatic rings. The Kier molecular flexibility index (Phi) is 4.63. The monoisotopic (exact) mass is 325 g/mol. The van der Waals surface area contributed by atoms with Crippen molar-refractivity contribution < 1.29 is 14.2 Å². The van der Waals surface area contributed by atoms with E-state index in [0.29, 0.717) is 17.1 Å². The van der Waals surface area contributed by atoms with Gasteiger partial charge in [-0.1, -0.05) is 42.5 Å². The summed E-state index contributed by atoms with van der Waals surface area (Å²) in [6, 6.07) is 16.6. The third kappa shape index (κ3) is 3.31. The molecule has 0 radical (unpaired) electrons. The van der Waals surface area contributed by atoms with Gasteiger partial charge in [0.1, 0.15) is 5.69 Å². The summed E-state index contributed by atoms with van der Waals surface area (Å²) >= 11 is 0. The van der Waals surface area contributed by atoms with E-state index in [4.69, 9.17) is 0 Å². The Labute approximate surface area is 144 Å². The second kappa shape index (κ2) is 7.02. The standard InChI is InChI=1S/C19H17N3O2.3H2/c1-13-18(19(24)21-15-8-3-2-4-9-15)22-17(11-20-13)16-10-6-5-7-14(16)12-23;;;/h2-11,23H,12H2,1H3,(H,21,24);3*1H. The number of hydrogen-bond acceptors (Lipinski definition) is 4. The van der Waals surface area contributed by atoms with Crippen LogP contribution in [0.25, 0.3) is 11.3 Å². The van der Waals surface area contributed by atoms with Crippen molar-refractivity contribution in [3.63, 3.8) is 0 Å². The number of carbonyl (C=O) groups excluding carboxylic acids is 1. The van der Waals surface area contributed by atoms with E-state index in [1.165, 1.54) is 0 Å². The van der Waals surface area contributed by atoms with Crippen molar-refractivity contribution in [2.45, 2.75) is 13.5 Å². The maximum absolute atomic E-state index is 12.5. The number of benzene rings is 2. The van der Waals surface area contributed by atoms with Crippen molar-refractivity contribution in [2.24, 2.45) is 0 Å². The van der Waals surface area contributed by atoms with Crippen LogP contribution in [0.1, 0.15) is 26.0 Å². The molecular weight excluding hydrogens is 302 g/mol. The zero-order valence-corrected chi connectivity index (χ0v) is 13.2. The van der Waals surface area contributed by atoms with Crippen LogP contribution in [0.15, 0.2) is 60.8 Å². The van der Waals surface area contributed by atoms with Gasteiger partial charge in [0.2, 0.25) is 0 Å². The number of aliphatic hydroxyl groups is 1. The summed E-state index contributed by atoms with van der Waals surface area (Å²) in [6.07, 6.45) is 1.61. The summed E-state index contributed by atoms with van der Waals surface area (Å²) in [4.78, 5) is 21.3. The Morgan fingerprint density at radius 1 is 1.12 bits per heavy atom. The highest BCUT2D eigenvalue weighted by Gasteiger charge is 2.15. The smallest absolute Gasteiger partial charge is 0.276 e. The lowest BCUT2D eigenvalue weighted by Crippen LogP contribution is -2.16. The van der Waals surface area contributed by atoms with Gasteiger partial charge in [0.25, 0.3) is 5.91 Å². The molecule has 0 atom stereocenters. The molecule has 1 aromatic heterocycles. The van der Waals surface area contributed by atoms with Gasteiger partial charge >= 0.3 is 0 Å². The number of hydrogen-bond donors (Lipinski definition) is 2. The fourth-order valence-corrected chi connectivity index (χ4v) is 2.41. The number of carbonyl (C=O) groups is 1. The molecule has 0 spiro atoms. The average molecular weight is 325 g/mol. The molecule has 24 heavy (non-hydrogen) atoms. The lowest BCUT2D eigenvalue weighted by atomic mass is 10.1. The number of aromatic nitrogens is 2. The maximum Gasteiger partial charge on any atom is 0.276 e. The molecule has 126 valence electrons. The van der Waals surface area contributed by atoms with E-state index in [1.807, 2.05) is 54.6 Å². The maximum atomic E-state index is 12.5. The summed E-state index contributed by atoms with van der Waals surface area (Å²) < 4.78 is 0. The molecule has 5 nitrogen and oxygen atoms in total. The summed E-state index contributed by atoms with van der Waals surface area (Å²) in [5.41, 5.74) is 3.58. The highest BCUT2D eigenvalue weighted by Crippen LogP contribution is 2.22. The summed E-state index contributed by atoms with van der Waals surface area (Å²) in [6.45, 7) is 1.64. The largest absolute Gasteiger partial charge is 0.392 e. The van der Waals surface area contributed by atoms with Gasteiger partial charge in [-0.25, -0.2) is 4.98 Å². The van der Waals surface area contributed by atoms with Crippen LogP contribution in [0.4, 0.5) is 5.69 Å². The number of nitrogens with one attached hydrogen (secondary N) is 1. The topological polar surface area (TPSA) is 75.1 Å². The molecule has 1 heterocycles. The molecule has 0 saturated carbocycles. The van der Waals surface area contributed by atoms with Gasteiger partial charge in [-0.05, 0) is 24.6 Å². The molecule has 2 N–H and O–H groups in total. The molecule has 0 aliphatic rings. The number of aliphatic hydroxyl groups excluding tert-OH is 1. The molecule has 2 aromatic carbocycles. The van der Waals surface area contributed by atoms with Crippen molar-refractivity contribution in [2.75, 3.05) is 5.32 Å². The minimum absolute atomic E-state index is 0. The van der Waals surface area contributed by atoms with Gasteiger partial charge in [0.05, 0.1) is 24.2 Å². The van der Waals surface area contributed by atoms with Crippen molar-refractivity contribution in [3.8, 4) is 11.3 Å². The second-order valence-electron chi connectivity index (χ2n) is 5.32. The van der Waals surface area contributed by atoms with Crippen LogP contribution in [-0.2, 0) is 6.61 Å². The van der Waals surface area contributed by atoms with Crippen LogP contribution < -0.4 is 5.32 Å². The molecule has 0 unspecified atom stereocenters. The van der Waals surface area contributed by atoms with Crippen molar-refractivity contribution in [1.29, 1.82) is 0 Å². The number of para-hydroxylation sites is 1. The van der Waals surface area contributed by atoms with E-state index in [-0.39, 0.29) is 22.5 Å². The van der Waals surface area contributed by atoms with Crippen LogP contribution >= 0.6 is 0 Å². The van der Waals surface area contributed by atoms with Crippen molar-refractivity contribution in [3.05, 3.63) is 77.7 Å². The van der Waals surface area contributed by atoms with Gasteiger partial charge in [-0.2, -0.15) is 0 Å². The third-order valence-electron chi connectivity index (χ3n) is 3.67. The summed E-state index contributed by atoms with van der Waals surface area (Å²) in [5.74, 6) is -0.311. The normalized spacial score (nSPS) is 10.4. The van der Waals surface area contributed by atoms with E-state index in [1.54, 1.807) is 13.1 Å². The van der Waals surface area contributed by atoms with Gasteiger partial charge in [0.15, 0.2) is 0 Å². The first-order valence-corrected chi connectivity index (χ1v) is 7.58. The molecule has 3 rings (SSSR count). The molecule has 0 saturated heterocycles. The fourth-order valence-electron chi connectivity index (χ4n) is 2.41. The SMILES string of the molecule is Cc1ncc(-c2ccccc2CO)nc1C(=O)Nc1ccccc1.[HH].[HH].[HH]. The number of anilines is 1. The Morgan fingerprint density at radius 2 is 1.83 bits per heavy atom. The predicted molar refractivity (Wildman–Crippen MR) is 98.9 cm³/mol. The highest BCUT2D eigenvalue weighted by molar-refractivity contribution is 6.03. The van der Waals surface area contributed by atoms with E-state index in [9.17, 15) is 9.90 Å². The Balaban J connectivity index is 0.00000225. The lowest BCUT2D eigenvalue weighted by Gasteiger charge is -2.10. The minimum Gasteiger partial charge on any atom is -0.392 e. The molecular formula is C19H23N3O2. The van der Waals surface area contributed by atoms with Crippen LogP contribution in [0.2, 0.25) is 0 Å². The van der Waals surface area contributed by atoms with Crippen molar-refractivity contribution >= 4 is 11.6 Å². The molecule has 5 heteroatoms. The van der Waals surface area contributed by atoms with Gasteiger partial charge in [0, 0.05) is 15.5 Å². The van der Waals surface area contributed by atoms with E-state index < -0.39 is 0 Å². The Morgan fingerprint density at radius 3 is 2.58 bits per heavy atom. The fraction of sp³-hybridized carbons (Fsp3) is 0.105.